The van der Waals surface area contributed by atoms with E-state index in [1.807, 2.05) is 0 Å². The maximum atomic E-state index is 5.64. The molecule has 2 aromatic carbocycles. The molecular formula is C20H24N2S. The van der Waals surface area contributed by atoms with Crippen LogP contribution in [-0.4, -0.2) is 29.1 Å². The number of nitrogens with one attached hydrogen (secondary N) is 1. The topological polar surface area (TPSA) is 15.3 Å². The lowest BCUT2D eigenvalue weighted by Gasteiger charge is -2.26. The molecule has 0 unspecified atom stereocenters. The van der Waals surface area contributed by atoms with Crippen molar-refractivity contribution < 1.29 is 0 Å². The van der Waals surface area contributed by atoms with Gasteiger partial charge in [-0.3, -0.25) is 0 Å². The second-order valence-corrected chi connectivity index (χ2v) is 6.57. The van der Waals surface area contributed by atoms with E-state index in [1.54, 1.807) is 0 Å². The molecule has 0 aromatic heterocycles. The smallest absolute Gasteiger partial charge is 0.169 e. The van der Waals surface area contributed by atoms with Gasteiger partial charge in [0.1, 0.15) is 0 Å². The Morgan fingerprint density at radius 3 is 1.78 bits per heavy atom. The second kappa shape index (κ2) is 8.11. The fourth-order valence-corrected chi connectivity index (χ4v) is 2.98. The number of rotatable bonds is 7. The van der Waals surface area contributed by atoms with Crippen molar-refractivity contribution in [3.8, 4) is 0 Å². The normalized spacial score (nSPS) is 13.6. The molecule has 0 aliphatic heterocycles. The van der Waals surface area contributed by atoms with Crippen molar-refractivity contribution in [1.29, 1.82) is 0 Å². The summed E-state index contributed by atoms with van der Waals surface area (Å²) < 4.78 is 0. The van der Waals surface area contributed by atoms with Crippen LogP contribution in [0.25, 0.3) is 0 Å². The molecule has 3 heteroatoms. The summed E-state index contributed by atoms with van der Waals surface area (Å²) in [6.07, 6.45) is 4.57. The van der Waals surface area contributed by atoms with Crippen molar-refractivity contribution in [3.05, 3.63) is 71.8 Å². The van der Waals surface area contributed by atoms with Gasteiger partial charge in [-0.1, -0.05) is 60.7 Å². The average Bonchev–Trinajstić information content (AvgIpc) is 3.40. The van der Waals surface area contributed by atoms with Crippen molar-refractivity contribution in [2.45, 2.75) is 31.7 Å². The van der Waals surface area contributed by atoms with Crippen molar-refractivity contribution in [3.63, 3.8) is 0 Å². The summed E-state index contributed by atoms with van der Waals surface area (Å²) in [5, 5.41) is 4.40. The van der Waals surface area contributed by atoms with E-state index in [-0.39, 0.29) is 0 Å². The maximum Gasteiger partial charge on any atom is 0.169 e. The van der Waals surface area contributed by atoms with E-state index in [0.29, 0.717) is 6.04 Å². The second-order valence-electron chi connectivity index (χ2n) is 6.18. The van der Waals surface area contributed by atoms with Gasteiger partial charge in [0.25, 0.3) is 0 Å². The molecule has 0 bridgehead atoms. The minimum absolute atomic E-state index is 0.610. The Morgan fingerprint density at radius 1 is 0.870 bits per heavy atom. The van der Waals surface area contributed by atoms with E-state index in [2.05, 4.69) is 70.9 Å². The number of thiocarbonyl (C=S) groups is 1. The predicted octanol–water partition coefficient (Wildman–Crippen LogP) is 3.81. The predicted molar refractivity (Wildman–Crippen MR) is 101 cm³/mol. The highest BCUT2D eigenvalue weighted by atomic mass is 32.1. The van der Waals surface area contributed by atoms with Crippen LogP contribution in [0.5, 0.6) is 0 Å². The lowest BCUT2D eigenvalue weighted by molar-refractivity contribution is 0.418. The monoisotopic (exact) mass is 324 g/mol. The molecule has 0 amide bonds. The Labute approximate surface area is 144 Å². The molecule has 1 aliphatic carbocycles. The fraction of sp³-hybridized carbons (Fsp3) is 0.350. The first-order chi connectivity index (χ1) is 11.3. The van der Waals surface area contributed by atoms with Crippen LogP contribution < -0.4 is 5.32 Å². The average molecular weight is 324 g/mol. The van der Waals surface area contributed by atoms with Gasteiger partial charge in [0, 0.05) is 19.1 Å². The molecule has 0 atom stereocenters. The molecule has 1 saturated carbocycles. The molecule has 0 spiro atoms. The van der Waals surface area contributed by atoms with Crippen LogP contribution in [0.15, 0.2) is 60.7 Å². The van der Waals surface area contributed by atoms with Crippen molar-refractivity contribution >= 4 is 17.3 Å². The van der Waals surface area contributed by atoms with Gasteiger partial charge < -0.3 is 10.2 Å². The first-order valence-electron chi connectivity index (χ1n) is 8.44. The summed E-state index contributed by atoms with van der Waals surface area (Å²) in [7, 11) is 0. The van der Waals surface area contributed by atoms with Gasteiger partial charge in [-0.05, 0) is 49.0 Å². The Hall–Kier alpha value is -1.87. The largest absolute Gasteiger partial charge is 0.360 e. The van der Waals surface area contributed by atoms with E-state index in [0.717, 1.165) is 31.0 Å². The highest BCUT2D eigenvalue weighted by molar-refractivity contribution is 7.80. The molecule has 0 heterocycles. The summed E-state index contributed by atoms with van der Waals surface area (Å²) in [5.74, 6) is 0. The van der Waals surface area contributed by atoms with Crippen LogP contribution in [0.4, 0.5) is 0 Å². The zero-order valence-corrected chi connectivity index (χ0v) is 14.3. The SMILES string of the molecule is S=C(NC1CC1)N(CCc1ccccc1)CCc1ccccc1. The van der Waals surface area contributed by atoms with Gasteiger partial charge in [-0.15, -0.1) is 0 Å². The molecule has 2 nitrogen and oxygen atoms in total. The van der Waals surface area contributed by atoms with Gasteiger partial charge in [0.2, 0.25) is 0 Å². The first kappa shape index (κ1) is 16.0. The summed E-state index contributed by atoms with van der Waals surface area (Å²) in [6, 6.07) is 21.9. The number of benzene rings is 2. The molecular weight excluding hydrogens is 300 g/mol. The molecule has 0 saturated heterocycles. The van der Waals surface area contributed by atoms with Crippen LogP contribution >= 0.6 is 12.2 Å². The van der Waals surface area contributed by atoms with Crippen LogP contribution in [-0.2, 0) is 12.8 Å². The van der Waals surface area contributed by atoms with Crippen molar-refractivity contribution in [2.75, 3.05) is 13.1 Å². The minimum atomic E-state index is 0.610. The van der Waals surface area contributed by atoms with Crippen LogP contribution in [0.2, 0.25) is 0 Å². The van der Waals surface area contributed by atoms with Crippen molar-refractivity contribution in [2.24, 2.45) is 0 Å². The third kappa shape index (κ3) is 5.36. The highest BCUT2D eigenvalue weighted by Crippen LogP contribution is 2.19. The molecule has 2 aromatic rings. The molecule has 3 rings (SSSR count). The van der Waals surface area contributed by atoms with E-state index >= 15 is 0 Å². The molecule has 120 valence electrons. The summed E-state index contributed by atoms with van der Waals surface area (Å²) in [6.45, 7) is 1.94. The number of hydrogen-bond acceptors (Lipinski definition) is 1. The quantitative estimate of drug-likeness (QED) is 0.780. The zero-order valence-electron chi connectivity index (χ0n) is 13.4. The minimum Gasteiger partial charge on any atom is -0.360 e. The fourth-order valence-electron chi connectivity index (χ4n) is 2.63. The standard InChI is InChI=1S/C20H24N2S/c23-20(21-19-11-12-19)22(15-13-17-7-3-1-4-8-17)16-14-18-9-5-2-6-10-18/h1-10,19H,11-16H2,(H,21,23). The van der Waals surface area contributed by atoms with Gasteiger partial charge in [-0.2, -0.15) is 0 Å². The lowest BCUT2D eigenvalue weighted by Crippen LogP contribution is -2.42. The summed E-state index contributed by atoms with van der Waals surface area (Å²) >= 11 is 5.64. The molecule has 0 radical (unpaired) electrons. The summed E-state index contributed by atoms with van der Waals surface area (Å²) in [5.41, 5.74) is 2.73. The van der Waals surface area contributed by atoms with E-state index in [1.165, 1.54) is 24.0 Å². The van der Waals surface area contributed by atoms with Crippen molar-refractivity contribution in [1.82, 2.24) is 10.2 Å². The van der Waals surface area contributed by atoms with Gasteiger partial charge in [0.05, 0.1) is 0 Å². The van der Waals surface area contributed by atoms with E-state index < -0.39 is 0 Å². The Bertz CT molecular complexity index is 565. The maximum absolute atomic E-state index is 5.64. The third-order valence-corrected chi connectivity index (χ3v) is 4.59. The zero-order chi connectivity index (χ0) is 15.9. The highest BCUT2D eigenvalue weighted by Gasteiger charge is 2.23. The molecule has 1 aliphatic rings. The lowest BCUT2D eigenvalue weighted by atomic mass is 10.1. The van der Waals surface area contributed by atoms with Gasteiger partial charge in [-0.25, -0.2) is 0 Å². The van der Waals surface area contributed by atoms with Crippen LogP contribution in [0.1, 0.15) is 24.0 Å². The number of hydrogen-bond donors (Lipinski definition) is 1. The summed E-state index contributed by atoms with van der Waals surface area (Å²) in [4.78, 5) is 2.33. The molecule has 1 fully saturated rings. The Morgan fingerprint density at radius 2 is 1.35 bits per heavy atom. The first-order valence-corrected chi connectivity index (χ1v) is 8.85. The van der Waals surface area contributed by atoms with Gasteiger partial charge in [0.15, 0.2) is 5.11 Å². The Balaban J connectivity index is 1.57. The van der Waals surface area contributed by atoms with E-state index in [9.17, 15) is 0 Å². The van der Waals surface area contributed by atoms with Gasteiger partial charge >= 0.3 is 0 Å². The van der Waals surface area contributed by atoms with Crippen LogP contribution in [0.3, 0.4) is 0 Å². The van der Waals surface area contributed by atoms with E-state index in [4.69, 9.17) is 12.2 Å². The Kier molecular flexibility index (Phi) is 5.65. The number of nitrogens with zero attached hydrogens (tertiary/aromatic N) is 1. The third-order valence-electron chi connectivity index (χ3n) is 4.22. The molecule has 1 N–H and O–H groups in total. The van der Waals surface area contributed by atoms with Crippen LogP contribution in [0, 0.1) is 0 Å². The molecule has 23 heavy (non-hydrogen) atoms.